The molecule has 0 heterocycles. The Hall–Kier alpha value is -0.910. The van der Waals surface area contributed by atoms with Crippen molar-refractivity contribution in [2.75, 3.05) is 0 Å². The van der Waals surface area contributed by atoms with Crippen molar-refractivity contribution in [1.29, 1.82) is 0 Å². The van der Waals surface area contributed by atoms with E-state index in [0.29, 0.717) is 11.5 Å². The Kier molecular flexibility index (Phi) is 5.97. The lowest BCUT2D eigenvalue weighted by molar-refractivity contribution is 0.281. The quantitative estimate of drug-likeness (QED) is 0.807. The van der Waals surface area contributed by atoms with Crippen LogP contribution in [0.4, 0.5) is 0 Å². The summed E-state index contributed by atoms with van der Waals surface area (Å²) in [6, 6.07) is 6.28. The first-order valence-corrected chi connectivity index (χ1v) is 8.15. The molecule has 0 amide bonds. The van der Waals surface area contributed by atoms with Crippen molar-refractivity contribution in [2.45, 2.75) is 51.2 Å². The van der Waals surface area contributed by atoms with Crippen LogP contribution in [0.25, 0.3) is 0 Å². The van der Waals surface area contributed by atoms with Crippen LogP contribution in [-0.2, 0) is 16.6 Å². The van der Waals surface area contributed by atoms with Gasteiger partial charge in [0.05, 0.1) is 11.5 Å². The number of rotatable bonds is 7. The van der Waals surface area contributed by atoms with E-state index in [1.54, 1.807) is 18.2 Å². The van der Waals surface area contributed by atoms with Crippen LogP contribution in [0.2, 0.25) is 0 Å². The van der Waals surface area contributed by atoms with Crippen molar-refractivity contribution >= 4 is 10.0 Å². The summed E-state index contributed by atoms with van der Waals surface area (Å²) in [5.41, 5.74) is 0.595. The van der Waals surface area contributed by atoms with Gasteiger partial charge in [-0.2, -0.15) is 0 Å². The molecule has 1 aromatic rings. The first-order chi connectivity index (χ1) is 8.94. The lowest BCUT2D eigenvalue weighted by Gasteiger charge is -2.22. The zero-order valence-corrected chi connectivity index (χ0v) is 12.6. The molecule has 1 aromatic carbocycles. The molecule has 19 heavy (non-hydrogen) atoms. The number of sulfonamides is 1. The van der Waals surface area contributed by atoms with E-state index in [2.05, 4.69) is 18.6 Å². The highest BCUT2D eigenvalue weighted by atomic mass is 32.2. The molecule has 108 valence electrons. The molecule has 1 rings (SSSR count). The molecular weight excluding hydrogens is 262 g/mol. The van der Waals surface area contributed by atoms with Crippen LogP contribution in [0.3, 0.4) is 0 Å². The topological polar surface area (TPSA) is 66.4 Å². The lowest BCUT2D eigenvalue weighted by Crippen LogP contribution is -2.37. The number of nitrogens with one attached hydrogen (secondary N) is 1. The summed E-state index contributed by atoms with van der Waals surface area (Å²) in [6.45, 7) is 5.85. The lowest BCUT2D eigenvalue weighted by atomic mass is 9.96. The fourth-order valence-corrected chi connectivity index (χ4v) is 3.60. The van der Waals surface area contributed by atoms with E-state index in [1.165, 1.54) is 6.07 Å². The Morgan fingerprint density at radius 1 is 1.26 bits per heavy atom. The monoisotopic (exact) mass is 285 g/mol. The molecule has 4 nitrogen and oxygen atoms in total. The van der Waals surface area contributed by atoms with Gasteiger partial charge in [-0.05, 0) is 30.5 Å². The number of aliphatic hydroxyl groups is 1. The average molecular weight is 285 g/mol. The molecule has 0 aliphatic rings. The molecule has 0 radical (unpaired) electrons. The molecule has 0 aliphatic heterocycles. The second-order valence-corrected chi connectivity index (χ2v) is 6.51. The molecular formula is C14H23NO3S. The minimum atomic E-state index is -3.52. The smallest absolute Gasteiger partial charge is 0.240 e. The van der Waals surface area contributed by atoms with Crippen LogP contribution in [0, 0.1) is 5.92 Å². The molecule has 5 heteroatoms. The molecule has 0 fully saturated rings. The maximum Gasteiger partial charge on any atom is 0.240 e. The Morgan fingerprint density at radius 2 is 1.89 bits per heavy atom. The van der Waals surface area contributed by atoms with Gasteiger partial charge in [-0.1, -0.05) is 38.8 Å². The van der Waals surface area contributed by atoms with Crippen molar-refractivity contribution in [1.82, 2.24) is 4.72 Å². The van der Waals surface area contributed by atoms with Gasteiger partial charge in [0, 0.05) is 6.04 Å². The van der Waals surface area contributed by atoms with Crippen molar-refractivity contribution in [2.24, 2.45) is 5.92 Å². The SMILES string of the molecule is CCC(CC)C(C)NS(=O)(=O)c1cccc(CO)c1. The van der Waals surface area contributed by atoms with Gasteiger partial charge in [-0.15, -0.1) is 0 Å². The highest BCUT2D eigenvalue weighted by molar-refractivity contribution is 7.89. The molecule has 1 atom stereocenters. The standard InChI is InChI=1S/C14H23NO3S/c1-4-13(5-2)11(3)15-19(17,18)14-8-6-7-12(9-14)10-16/h6-9,11,13,15-16H,4-5,10H2,1-3H3. The van der Waals surface area contributed by atoms with E-state index >= 15 is 0 Å². The van der Waals surface area contributed by atoms with Crippen LogP contribution < -0.4 is 4.72 Å². The zero-order valence-electron chi connectivity index (χ0n) is 11.8. The second kappa shape index (κ2) is 7.03. The Balaban J connectivity index is 2.91. The average Bonchev–Trinajstić information content (AvgIpc) is 2.39. The summed E-state index contributed by atoms with van der Waals surface area (Å²) in [5.74, 6) is 0.329. The van der Waals surface area contributed by atoms with Gasteiger partial charge in [0.1, 0.15) is 0 Å². The predicted octanol–water partition coefficient (Wildman–Crippen LogP) is 2.28. The van der Waals surface area contributed by atoms with E-state index in [-0.39, 0.29) is 17.5 Å². The number of hydrogen-bond donors (Lipinski definition) is 2. The maximum absolute atomic E-state index is 12.3. The molecule has 0 saturated heterocycles. The third-order valence-corrected chi connectivity index (χ3v) is 5.04. The van der Waals surface area contributed by atoms with Crippen molar-refractivity contribution < 1.29 is 13.5 Å². The van der Waals surface area contributed by atoms with Gasteiger partial charge in [0.2, 0.25) is 10.0 Å². The van der Waals surface area contributed by atoms with Crippen LogP contribution >= 0.6 is 0 Å². The second-order valence-electron chi connectivity index (χ2n) is 4.79. The minimum absolute atomic E-state index is 0.0993. The predicted molar refractivity (Wildman–Crippen MR) is 76.2 cm³/mol. The Labute approximate surface area is 115 Å². The first kappa shape index (κ1) is 16.1. The molecule has 0 saturated carbocycles. The van der Waals surface area contributed by atoms with Crippen LogP contribution in [0.5, 0.6) is 0 Å². The fraction of sp³-hybridized carbons (Fsp3) is 0.571. The summed E-state index contributed by atoms with van der Waals surface area (Å²) in [4.78, 5) is 0.205. The highest BCUT2D eigenvalue weighted by Gasteiger charge is 2.21. The summed E-state index contributed by atoms with van der Waals surface area (Å²) in [5, 5.41) is 9.06. The third kappa shape index (κ3) is 4.30. The third-order valence-electron chi connectivity index (χ3n) is 3.49. The van der Waals surface area contributed by atoms with E-state index in [1.807, 2.05) is 6.92 Å². The number of benzene rings is 1. The van der Waals surface area contributed by atoms with Crippen LogP contribution in [-0.4, -0.2) is 19.6 Å². The van der Waals surface area contributed by atoms with E-state index in [0.717, 1.165) is 12.8 Å². The maximum atomic E-state index is 12.3. The molecule has 0 bridgehead atoms. The minimum Gasteiger partial charge on any atom is -0.392 e. The van der Waals surface area contributed by atoms with Gasteiger partial charge >= 0.3 is 0 Å². The van der Waals surface area contributed by atoms with E-state index in [4.69, 9.17) is 5.11 Å². The van der Waals surface area contributed by atoms with Gasteiger partial charge in [0.25, 0.3) is 0 Å². The molecule has 1 unspecified atom stereocenters. The van der Waals surface area contributed by atoms with Crippen molar-refractivity contribution in [3.63, 3.8) is 0 Å². The van der Waals surface area contributed by atoms with Crippen molar-refractivity contribution in [3.05, 3.63) is 29.8 Å². The molecule has 0 aromatic heterocycles. The molecule has 0 aliphatic carbocycles. The van der Waals surface area contributed by atoms with Crippen LogP contribution in [0.15, 0.2) is 29.2 Å². The van der Waals surface area contributed by atoms with Crippen LogP contribution in [0.1, 0.15) is 39.2 Å². The number of aliphatic hydroxyl groups excluding tert-OH is 1. The van der Waals surface area contributed by atoms with Gasteiger partial charge < -0.3 is 5.11 Å². The van der Waals surface area contributed by atoms with E-state index in [9.17, 15) is 8.42 Å². The molecule has 0 spiro atoms. The Morgan fingerprint density at radius 3 is 2.42 bits per heavy atom. The fourth-order valence-electron chi connectivity index (χ4n) is 2.22. The highest BCUT2D eigenvalue weighted by Crippen LogP contribution is 2.17. The normalized spacial score (nSPS) is 13.7. The number of hydrogen-bond acceptors (Lipinski definition) is 3. The first-order valence-electron chi connectivity index (χ1n) is 6.66. The van der Waals surface area contributed by atoms with Gasteiger partial charge in [-0.25, -0.2) is 13.1 Å². The van der Waals surface area contributed by atoms with Gasteiger partial charge in [-0.3, -0.25) is 0 Å². The molecule has 2 N–H and O–H groups in total. The zero-order chi connectivity index (χ0) is 14.5. The van der Waals surface area contributed by atoms with E-state index < -0.39 is 10.0 Å². The summed E-state index contributed by atoms with van der Waals surface area (Å²) in [7, 11) is -3.52. The summed E-state index contributed by atoms with van der Waals surface area (Å²) in [6.07, 6.45) is 1.88. The largest absolute Gasteiger partial charge is 0.392 e. The van der Waals surface area contributed by atoms with Crippen molar-refractivity contribution in [3.8, 4) is 0 Å². The summed E-state index contributed by atoms with van der Waals surface area (Å²) < 4.78 is 27.2. The summed E-state index contributed by atoms with van der Waals surface area (Å²) >= 11 is 0. The Bertz CT molecular complexity index is 495. The van der Waals surface area contributed by atoms with Gasteiger partial charge in [0.15, 0.2) is 0 Å².